The lowest BCUT2D eigenvalue weighted by Crippen LogP contribution is -2.51. The second-order valence-corrected chi connectivity index (χ2v) is 7.39. The van der Waals surface area contributed by atoms with Crippen LogP contribution < -0.4 is 5.01 Å². The molecule has 0 N–H and O–H groups in total. The van der Waals surface area contributed by atoms with Crippen LogP contribution in [0.25, 0.3) is 5.57 Å². The smallest absolute Gasteiger partial charge is 0.281 e. The standard InChI is InChI=1S/C21H19F3N2O/c1-20(2)13-17(14-6-4-3-5-7-14)16-12-15(21(22,23)24)8-9-18(16)25-11-10-19(27)26(20)25/h3-9,12-13H,10-11H2,1-2H3. The van der Waals surface area contributed by atoms with E-state index in [1.165, 1.54) is 12.1 Å². The first-order valence-corrected chi connectivity index (χ1v) is 8.79. The SMILES string of the molecule is CC1(C)C=C(c2ccccc2)c2cc(C(F)(F)F)ccc2N2CCC(=O)N21. The number of hydrogen-bond acceptors (Lipinski definition) is 2. The van der Waals surface area contributed by atoms with Crippen LogP contribution in [0.4, 0.5) is 18.9 Å². The Hall–Kier alpha value is -2.76. The molecule has 6 heteroatoms. The number of hydrazine groups is 1. The molecule has 0 spiro atoms. The number of amides is 1. The quantitative estimate of drug-likeness (QED) is 0.712. The molecular formula is C21H19F3N2O. The van der Waals surface area contributed by atoms with Crippen LogP contribution in [0.15, 0.2) is 54.6 Å². The van der Waals surface area contributed by atoms with Crippen molar-refractivity contribution in [2.75, 3.05) is 11.6 Å². The molecular weight excluding hydrogens is 353 g/mol. The van der Waals surface area contributed by atoms with Crippen molar-refractivity contribution in [3.8, 4) is 0 Å². The lowest BCUT2D eigenvalue weighted by atomic mass is 9.90. The first-order chi connectivity index (χ1) is 12.7. The Morgan fingerprint density at radius 2 is 1.74 bits per heavy atom. The van der Waals surface area contributed by atoms with Crippen molar-refractivity contribution in [2.45, 2.75) is 32.0 Å². The number of nitrogens with zero attached hydrogens (tertiary/aromatic N) is 2. The van der Waals surface area contributed by atoms with E-state index in [0.717, 1.165) is 11.6 Å². The molecule has 2 aromatic rings. The lowest BCUT2D eigenvalue weighted by Gasteiger charge is -2.39. The maximum Gasteiger partial charge on any atom is 0.416 e. The minimum absolute atomic E-state index is 0.0311. The Labute approximate surface area is 155 Å². The largest absolute Gasteiger partial charge is 0.416 e. The second-order valence-electron chi connectivity index (χ2n) is 7.39. The molecule has 2 aromatic carbocycles. The number of carbonyl (C=O) groups excluding carboxylic acids is 1. The van der Waals surface area contributed by atoms with Crippen molar-refractivity contribution in [2.24, 2.45) is 0 Å². The van der Waals surface area contributed by atoms with Gasteiger partial charge in [0.1, 0.15) is 0 Å². The average Bonchev–Trinajstić information content (AvgIpc) is 2.97. The molecule has 2 aliphatic heterocycles. The van der Waals surface area contributed by atoms with Crippen LogP contribution in [0.1, 0.15) is 37.0 Å². The summed E-state index contributed by atoms with van der Waals surface area (Å²) in [6.45, 7) is 4.27. The normalized spacial score (nSPS) is 18.7. The van der Waals surface area contributed by atoms with Crippen molar-refractivity contribution >= 4 is 17.2 Å². The van der Waals surface area contributed by atoms with Gasteiger partial charge in [0.25, 0.3) is 0 Å². The van der Waals surface area contributed by atoms with Crippen molar-refractivity contribution in [1.29, 1.82) is 0 Å². The van der Waals surface area contributed by atoms with E-state index in [-0.39, 0.29) is 5.91 Å². The molecule has 3 nitrogen and oxygen atoms in total. The summed E-state index contributed by atoms with van der Waals surface area (Å²) in [5.41, 5.74) is 1.26. The summed E-state index contributed by atoms with van der Waals surface area (Å²) in [6.07, 6.45) is -2.19. The molecule has 0 aliphatic carbocycles. The molecule has 1 amide bonds. The van der Waals surface area contributed by atoms with Crippen LogP contribution in [-0.2, 0) is 11.0 Å². The van der Waals surface area contributed by atoms with Crippen LogP contribution in [0.5, 0.6) is 0 Å². The maximum atomic E-state index is 13.4. The zero-order valence-corrected chi connectivity index (χ0v) is 15.0. The summed E-state index contributed by atoms with van der Waals surface area (Å²) >= 11 is 0. The van der Waals surface area contributed by atoms with E-state index in [4.69, 9.17) is 0 Å². The maximum absolute atomic E-state index is 13.4. The van der Waals surface area contributed by atoms with E-state index in [0.29, 0.717) is 29.8 Å². The highest BCUT2D eigenvalue weighted by Gasteiger charge is 2.43. The van der Waals surface area contributed by atoms with Crippen molar-refractivity contribution in [3.05, 3.63) is 71.3 Å². The van der Waals surface area contributed by atoms with E-state index in [2.05, 4.69) is 0 Å². The Morgan fingerprint density at radius 1 is 1.04 bits per heavy atom. The van der Waals surface area contributed by atoms with Gasteiger partial charge in [-0.2, -0.15) is 13.2 Å². The zero-order valence-electron chi connectivity index (χ0n) is 15.0. The van der Waals surface area contributed by atoms with Gasteiger partial charge in [-0.05, 0) is 49.3 Å². The predicted molar refractivity (Wildman–Crippen MR) is 97.9 cm³/mol. The molecule has 2 heterocycles. The summed E-state index contributed by atoms with van der Waals surface area (Å²) in [5.74, 6) is -0.0311. The molecule has 140 valence electrons. The minimum Gasteiger partial charge on any atom is -0.281 e. The molecule has 0 bridgehead atoms. The highest BCUT2D eigenvalue weighted by Crippen LogP contribution is 2.44. The summed E-state index contributed by atoms with van der Waals surface area (Å²) in [6, 6.07) is 13.1. The Morgan fingerprint density at radius 3 is 2.41 bits per heavy atom. The van der Waals surface area contributed by atoms with Gasteiger partial charge in [-0.1, -0.05) is 30.3 Å². The summed E-state index contributed by atoms with van der Waals surface area (Å²) < 4.78 is 40.1. The highest BCUT2D eigenvalue weighted by atomic mass is 19.4. The summed E-state index contributed by atoms with van der Waals surface area (Å²) in [5, 5.41) is 3.47. The van der Waals surface area contributed by atoms with E-state index in [9.17, 15) is 18.0 Å². The number of anilines is 1. The average molecular weight is 372 g/mol. The molecule has 0 atom stereocenters. The van der Waals surface area contributed by atoms with Gasteiger partial charge in [0.15, 0.2) is 0 Å². The van der Waals surface area contributed by atoms with E-state index < -0.39 is 17.3 Å². The molecule has 1 fully saturated rings. The Kier molecular flexibility index (Phi) is 3.84. The number of carbonyl (C=O) groups is 1. The van der Waals surface area contributed by atoms with Gasteiger partial charge in [0, 0.05) is 18.5 Å². The molecule has 27 heavy (non-hydrogen) atoms. The van der Waals surface area contributed by atoms with Crippen molar-refractivity contribution in [1.82, 2.24) is 5.01 Å². The fourth-order valence-electron chi connectivity index (χ4n) is 3.90. The monoisotopic (exact) mass is 372 g/mol. The fourth-order valence-corrected chi connectivity index (χ4v) is 3.90. The predicted octanol–water partition coefficient (Wildman–Crippen LogP) is 4.88. The van der Waals surface area contributed by atoms with Gasteiger partial charge in [0.05, 0.1) is 16.8 Å². The molecule has 2 aliphatic rings. The van der Waals surface area contributed by atoms with Crippen LogP contribution in [0.3, 0.4) is 0 Å². The second kappa shape index (κ2) is 5.87. The summed E-state index contributed by atoms with van der Waals surface area (Å²) in [4.78, 5) is 12.5. The highest BCUT2D eigenvalue weighted by molar-refractivity contribution is 5.92. The summed E-state index contributed by atoms with van der Waals surface area (Å²) in [7, 11) is 0. The van der Waals surface area contributed by atoms with Gasteiger partial charge in [-0.15, -0.1) is 0 Å². The van der Waals surface area contributed by atoms with E-state index in [1.807, 2.05) is 55.3 Å². The molecule has 1 saturated heterocycles. The van der Waals surface area contributed by atoms with E-state index in [1.54, 1.807) is 5.01 Å². The first-order valence-electron chi connectivity index (χ1n) is 8.79. The minimum atomic E-state index is -4.43. The van der Waals surface area contributed by atoms with Gasteiger partial charge in [0.2, 0.25) is 5.91 Å². The van der Waals surface area contributed by atoms with E-state index >= 15 is 0 Å². The lowest BCUT2D eigenvalue weighted by molar-refractivity contribution is -0.137. The third-order valence-corrected chi connectivity index (χ3v) is 5.04. The van der Waals surface area contributed by atoms with Gasteiger partial charge >= 0.3 is 6.18 Å². The van der Waals surface area contributed by atoms with Gasteiger partial charge in [-0.25, -0.2) is 5.01 Å². The molecule has 0 saturated carbocycles. The van der Waals surface area contributed by atoms with Gasteiger partial charge in [-0.3, -0.25) is 9.80 Å². The Bertz CT molecular complexity index is 932. The van der Waals surface area contributed by atoms with Crippen LogP contribution in [-0.4, -0.2) is 23.0 Å². The van der Waals surface area contributed by atoms with Crippen LogP contribution >= 0.6 is 0 Å². The van der Waals surface area contributed by atoms with Crippen LogP contribution in [0, 0.1) is 0 Å². The third-order valence-electron chi connectivity index (χ3n) is 5.04. The number of fused-ring (bicyclic) bond motifs is 3. The number of halogens is 3. The third kappa shape index (κ3) is 2.89. The fraction of sp³-hybridized carbons (Fsp3) is 0.286. The molecule has 0 unspecified atom stereocenters. The molecule has 0 radical (unpaired) electrons. The van der Waals surface area contributed by atoms with Crippen LogP contribution in [0.2, 0.25) is 0 Å². The number of hydrogen-bond donors (Lipinski definition) is 0. The zero-order chi connectivity index (χ0) is 19.4. The number of alkyl halides is 3. The van der Waals surface area contributed by atoms with Gasteiger partial charge < -0.3 is 0 Å². The molecule has 0 aromatic heterocycles. The number of benzene rings is 2. The Balaban J connectivity index is 2.01. The first kappa shape index (κ1) is 17.6. The van der Waals surface area contributed by atoms with Crippen molar-refractivity contribution < 1.29 is 18.0 Å². The molecule has 4 rings (SSSR count). The van der Waals surface area contributed by atoms with Crippen molar-refractivity contribution in [3.63, 3.8) is 0 Å². The topological polar surface area (TPSA) is 23.6 Å². The number of rotatable bonds is 1.